The molecule has 0 aromatic rings. The van der Waals surface area contributed by atoms with Crippen LogP contribution in [0.4, 0.5) is 0 Å². The molecule has 2 aliphatic heterocycles. The Morgan fingerprint density at radius 1 is 1.27 bits per heavy atom. The van der Waals surface area contributed by atoms with Crippen LogP contribution in [-0.4, -0.2) is 71.0 Å². The van der Waals surface area contributed by atoms with Crippen LogP contribution in [0.3, 0.4) is 0 Å². The molecule has 3 atom stereocenters. The molecule has 0 spiro atoms. The quantitative estimate of drug-likeness (QED) is 0.321. The van der Waals surface area contributed by atoms with Crippen LogP contribution in [0, 0.1) is 17.8 Å². The van der Waals surface area contributed by atoms with Crippen LogP contribution in [0.15, 0.2) is 0 Å². The summed E-state index contributed by atoms with van der Waals surface area (Å²) in [6, 6.07) is -0.807. The third kappa shape index (κ3) is 6.07. The van der Waals surface area contributed by atoms with Crippen molar-refractivity contribution in [3.63, 3.8) is 0 Å². The maximum absolute atomic E-state index is 13.1. The number of amides is 5. The van der Waals surface area contributed by atoms with Crippen molar-refractivity contribution in [2.45, 2.75) is 45.6 Å². The van der Waals surface area contributed by atoms with E-state index in [4.69, 9.17) is 17.3 Å². The molecule has 0 aromatic heterocycles. The zero-order valence-electron chi connectivity index (χ0n) is 17.4. The summed E-state index contributed by atoms with van der Waals surface area (Å²) in [5.41, 5.74) is 7.79. The van der Waals surface area contributed by atoms with Gasteiger partial charge < -0.3 is 16.0 Å². The molecule has 2 saturated heterocycles. The van der Waals surface area contributed by atoms with Gasteiger partial charge in [-0.3, -0.25) is 34.4 Å². The van der Waals surface area contributed by atoms with Gasteiger partial charge >= 0.3 is 0 Å². The fourth-order valence-corrected chi connectivity index (χ4v) is 4.00. The van der Waals surface area contributed by atoms with Crippen LogP contribution in [0.5, 0.6) is 0 Å². The number of rotatable bonds is 9. The summed E-state index contributed by atoms with van der Waals surface area (Å²) in [5.74, 6) is -3.31. The molecule has 4 N–H and O–H groups in total. The number of halogens is 1. The highest BCUT2D eigenvalue weighted by molar-refractivity contribution is 6.27. The van der Waals surface area contributed by atoms with E-state index in [1.165, 1.54) is 4.90 Å². The predicted molar refractivity (Wildman–Crippen MR) is 109 cm³/mol. The van der Waals surface area contributed by atoms with Crippen molar-refractivity contribution in [3.8, 4) is 0 Å². The van der Waals surface area contributed by atoms with Gasteiger partial charge in [0.15, 0.2) is 0 Å². The minimum Gasteiger partial charge on any atom is -0.370 e. The summed E-state index contributed by atoms with van der Waals surface area (Å²) in [4.78, 5) is 62.6. The number of primary amides is 1. The van der Waals surface area contributed by atoms with Crippen LogP contribution in [0.1, 0.15) is 39.5 Å². The van der Waals surface area contributed by atoms with E-state index in [2.05, 4.69) is 10.7 Å². The number of nitrogens with two attached hydrogens (primary N) is 1. The molecular weight excluding hydrogens is 414 g/mol. The first kappa shape index (κ1) is 23.9. The third-order valence-electron chi connectivity index (χ3n) is 5.40. The first-order chi connectivity index (χ1) is 14.1. The first-order valence-corrected chi connectivity index (χ1v) is 10.7. The van der Waals surface area contributed by atoms with E-state index in [1.54, 1.807) is 0 Å². The molecule has 10 nitrogen and oxygen atoms in total. The lowest BCUT2D eigenvalue weighted by molar-refractivity contribution is -0.147. The van der Waals surface area contributed by atoms with Crippen molar-refractivity contribution < 1.29 is 24.0 Å². The molecule has 11 heteroatoms. The van der Waals surface area contributed by atoms with Crippen LogP contribution >= 0.6 is 11.6 Å². The smallest absolute Gasteiger partial charge is 0.261 e. The highest BCUT2D eigenvalue weighted by Gasteiger charge is 2.40. The molecule has 0 aliphatic carbocycles. The van der Waals surface area contributed by atoms with E-state index in [-0.39, 0.29) is 36.6 Å². The molecule has 0 saturated carbocycles. The number of likely N-dealkylation sites (tertiary alicyclic amines) is 1. The Bertz CT molecular complexity index is 701. The van der Waals surface area contributed by atoms with Crippen molar-refractivity contribution in [3.05, 3.63) is 0 Å². The number of hydrogen-bond acceptors (Lipinski definition) is 5. The van der Waals surface area contributed by atoms with E-state index >= 15 is 0 Å². The second-order valence-corrected chi connectivity index (χ2v) is 8.49. The van der Waals surface area contributed by atoms with Crippen LogP contribution < -0.4 is 16.5 Å². The predicted octanol–water partition coefficient (Wildman–Crippen LogP) is -0.640. The topological polar surface area (TPSA) is 142 Å². The van der Waals surface area contributed by atoms with Gasteiger partial charge in [0.2, 0.25) is 17.7 Å². The highest BCUT2D eigenvalue weighted by Crippen LogP contribution is 2.26. The number of nitrogens with one attached hydrogen (secondary N) is 2. The molecule has 0 radical (unpaired) electrons. The van der Waals surface area contributed by atoms with Crippen molar-refractivity contribution in [1.82, 2.24) is 20.7 Å². The van der Waals surface area contributed by atoms with E-state index < -0.39 is 35.6 Å². The molecule has 2 rings (SSSR count). The second kappa shape index (κ2) is 10.6. The van der Waals surface area contributed by atoms with Gasteiger partial charge in [-0.1, -0.05) is 13.8 Å². The number of hydrogen-bond donors (Lipinski definition) is 3. The van der Waals surface area contributed by atoms with Gasteiger partial charge in [-0.25, -0.2) is 0 Å². The molecule has 168 valence electrons. The minimum atomic E-state index is -0.807. The lowest BCUT2D eigenvalue weighted by atomic mass is 10.0. The van der Waals surface area contributed by atoms with Crippen LogP contribution in [0.2, 0.25) is 0 Å². The highest BCUT2D eigenvalue weighted by atomic mass is 35.5. The van der Waals surface area contributed by atoms with E-state index in [0.717, 1.165) is 5.01 Å². The molecular formula is C19H30ClN5O5. The SMILES string of the molecule is CC(C)C[C@@H](C(=O)NN(C[C@@H]1CCNC1=O)C(=O)CCl)N1CC[C@@H](CC(N)=O)C1=O. The Labute approximate surface area is 180 Å². The molecule has 2 fully saturated rings. The number of carbonyl (C=O) groups excluding carboxylic acids is 5. The molecule has 2 heterocycles. The van der Waals surface area contributed by atoms with Gasteiger partial charge in [-0.15, -0.1) is 11.6 Å². The van der Waals surface area contributed by atoms with E-state index in [9.17, 15) is 24.0 Å². The van der Waals surface area contributed by atoms with Gasteiger partial charge in [-0.2, -0.15) is 0 Å². The maximum atomic E-state index is 13.1. The molecule has 2 aliphatic rings. The second-order valence-electron chi connectivity index (χ2n) is 8.22. The largest absolute Gasteiger partial charge is 0.370 e. The lowest BCUT2D eigenvalue weighted by Crippen LogP contribution is -2.56. The molecule has 30 heavy (non-hydrogen) atoms. The summed E-state index contributed by atoms with van der Waals surface area (Å²) in [6.45, 7) is 4.70. The average molecular weight is 444 g/mol. The van der Waals surface area contributed by atoms with Crippen molar-refractivity contribution in [1.29, 1.82) is 0 Å². The van der Waals surface area contributed by atoms with Gasteiger partial charge in [0, 0.05) is 25.4 Å². The number of carbonyl (C=O) groups is 5. The zero-order valence-corrected chi connectivity index (χ0v) is 18.1. The third-order valence-corrected chi connectivity index (χ3v) is 5.63. The Balaban J connectivity index is 2.14. The Morgan fingerprint density at radius 3 is 2.50 bits per heavy atom. The minimum absolute atomic E-state index is 0.00969. The molecule has 5 amide bonds. The summed E-state index contributed by atoms with van der Waals surface area (Å²) in [6.07, 6.45) is 1.32. The fourth-order valence-electron chi connectivity index (χ4n) is 3.86. The van der Waals surface area contributed by atoms with Crippen molar-refractivity contribution >= 4 is 41.1 Å². The van der Waals surface area contributed by atoms with Crippen molar-refractivity contribution in [2.24, 2.45) is 23.5 Å². The van der Waals surface area contributed by atoms with Crippen LogP contribution in [0.25, 0.3) is 0 Å². The van der Waals surface area contributed by atoms with E-state index in [0.29, 0.717) is 32.4 Å². The number of nitrogens with zero attached hydrogens (tertiary/aromatic N) is 2. The van der Waals surface area contributed by atoms with Gasteiger partial charge in [0.25, 0.3) is 11.8 Å². The van der Waals surface area contributed by atoms with E-state index in [1.807, 2.05) is 13.8 Å². The standard InChI is InChI=1S/C19H30ClN5O5/c1-11(2)7-14(24-6-4-12(19(24)30)8-15(21)26)18(29)23-25(16(27)9-20)10-13-3-5-22-17(13)28/h11-14H,3-10H2,1-2H3,(H2,21,26)(H,22,28)(H,23,29)/t12-,13-,14-/m0/s1. The average Bonchev–Trinajstić information content (AvgIpc) is 3.23. The molecule has 0 bridgehead atoms. The van der Waals surface area contributed by atoms with Crippen molar-refractivity contribution in [2.75, 3.05) is 25.5 Å². The molecule has 0 aromatic carbocycles. The lowest BCUT2D eigenvalue weighted by Gasteiger charge is -2.32. The fraction of sp³-hybridized carbons (Fsp3) is 0.737. The first-order valence-electron chi connectivity index (χ1n) is 10.2. The normalized spacial score (nSPS) is 22.2. The summed E-state index contributed by atoms with van der Waals surface area (Å²) in [7, 11) is 0. The Kier molecular flexibility index (Phi) is 8.45. The number of alkyl halides is 1. The summed E-state index contributed by atoms with van der Waals surface area (Å²) >= 11 is 5.68. The summed E-state index contributed by atoms with van der Waals surface area (Å²) in [5, 5.41) is 3.76. The summed E-state index contributed by atoms with van der Waals surface area (Å²) < 4.78 is 0. The number of hydrazine groups is 1. The van der Waals surface area contributed by atoms with Gasteiger partial charge in [0.1, 0.15) is 11.9 Å². The Hall–Kier alpha value is -2.36. The van der Waals surface area contributed by atoms with Gasteiger partial charge in [0.05, 0.1) is 12.5 Å². The molecule has 0 unspecified atom stereocenters. The van der Waals surface area contributed by atoms with Crippen LogP contribution in [-0.2, 0) is 24.0 Å². The van der Waals surface area contributed by atoms with Gasteiger partial charge in [-0.05, 0) is 25.2 Å². The zero-order chi connectivity index (χ0) is 22.4. The maximum Gasteiger partial charge on any atom is 0.261 e. The monoisotopic (exact) mass is 443 g/mol. The Morgan fingerprint density at radius 2 is 1.97 bits per heavy atom.